The highest BCUT2D eigenvalue weighted by molar-refractivity contribution is 7.12. The fourth-order valence-corrected chi connectivity index (χ4v) is 3.14. The summed E-state index contributed by atoms with van der Waals surface area (Å²) in [5, 5.41) is 14.3. The number of amides is 2. The van der Waals surface area contributed by atoms with E-state index in [0.717, 1.165) is 5.56 Å². The molecule has 6 heteroatoms. The molecule has 1 atom stereocenters. The molecule has 5 nitrogen and oxygen atoms in total. The van der Waals surface area contributed by atoms with Crippen LogP contribution < -0.4 is 10.6 Å². The Morgan fingerprint density at radius 2 is 2.00 bits per heavy atom. The molecule has 112 valence electrons. The number of carboxylic acid groups (broad SMARTS) is 1. The SMILES string of the molecule is Cc1cc(C(C)NC(=O)NC(C)(C)CC(=O)O)c(C)s1. The third-order valence-corrected chi connectivity index (χ3v) is 3.92. The van der Waals surface area contributed by atoms with Crippen molar-refractivity contribution in [3.05, 3.63) is 21.4 Å². The molecular formula is C14H22N2O3S. The molecule has 0 aromatic carbocycles. The first-order valence-electron chi connectivity index (χ1n) is 6.48. The third-order valence-electron chi connectivity index (χ3n) is 2.94. The van der Waals surface area contributed by atoms with Crippen molar-refractivity contribution in [2.45, 2.75) is 52.6 Å². The van der Waals surface area contributed by atoms with Crippen molar-refractivity contribution in [1.82, 2.24) is 10.6 Å². The molecule has 0 spiro atoms. The lowest BCUT2D eigenvalue weighted by atomic mass is 10.0. The number of hydrogen-bond donors (Lipinski definition) is 3. The van der Waals surface area contributed by atoms with Gasteiger partial charge in [-0.1, -0.05) is 0 Å². The van der Waals surface area contributed by atoms with Crippen molar-refractivity contribution in [3.63, 3.8) is 0 Å². The van der Waals surface area contributed by atoms with E-state index in [9.17, 15) is 9.59 Å². The van der Waals surface area contributed by atoms with E-state index >= 15 is 0 Å². The smallest absolute Gasteiger partial charge is 0.315 e. The number of urea groups is 1. The normalized spacial score (nSPS) is 12.8. The van der Waals surface area contributed by atoms with E-state index in [1.165, 1.54) is 9.75 Å². The van der Waals surface area contributed by atoms with Crippen molar-refractivity contribution in [2.24, 2.45) is 0 Å². The van der Waals surface area contributed by atoms with Gasteiger partial charge in [-0.25, -0.2) is 4.79 Å². The maximum Gasteiger partial charge on any atom is 0.315 e. The molecule has 1 aromatic heterocycles. The van der Waals surface area contributed by atoms with Gasteiger partial charge in [-0.05, 0) is 46.2 Å². The number of carboxylic acids is 1. The average molecular weight is 298 g/mol. The van der Waals surface area contributed by atoms with Crippen LogP contribution in [-0.4, -0.2) is 22.6 Å². The summed E-state index contributed by atoms with van der Waals surface area (Å²) < 4.78 is 0. The Balaban J connectivity index is 2.62. The molecule has 3 N–H and O–H groups in total. The van der Waals surface area contributed by atoms with E-state index in [0.29, 0.717) is 0 Å². The molecule has 1 rings (SSSR count). The summed E-state index contributed by atoms with van der Waals surface area (Å²) in [5.74, 6) is -0.937. The minimum Gasteiger partial charge on any atom is -0.481 e. The molecular weight excluding hydrogens is 276 g/mol. The lowest BCUT2D eigenvalue weighted by Crippen LogP contribution is -2.49. The summed E-state index contributed by atoms with van der Waals surface area (Å²) in [4.78, 5) is 25.0. The minimum absolute atomic E-state index is 0.111. The van der Waals surface area contributed by atoms with Gasteiger partial charge in [-0.2, -0.15) is 0 Å². The van der Waals surface area contributed by atoms with Crippen molar-refractivity contribution in [2.75, 3.05) is 0 Å². The minimum atomic E-state index is -0.937. The second-order valence-corrected chi connectivity index (χ2v) is 7.10. The molecule has 0 aliphatic carbocycles. The van der Waals surface area contributed by atoms with Gasteiger partial charge in [0.15, 0.2) is 0 Å². The van der Waals surface area contributed by atoms with Crippen LogP contribution in [0.25, 0.3) is 0 Å². The zero-order valence-corrected chi connectivity index (χ0v) is 13.4. The molecule has 1 heterocycles. The van der Waals surface area contributed by atoms with E-state index < -0.39 is 11.5 Å². The second-order valence-electron chi connectivity index (χ2n) is 5.64. The summed E-state index contributed by atoms with van der Waals surface area (Å²) in [5.41, 5.74) is 0.314. The average Bonchev–Trinajstić information content (AvgIpc) is 2.54. The van der Waals surface area contributed by atoms with Crippen LogP contribution in [0.5, 0.6) is 0 Å². The Labute approximate surface area is 123 Å². The lowest BCUT2D eigenvalue weighted by Gasteiger charge is -2.25. The van der Waals surface area contributed by atoms with Crippen molar-refractivity contribution in [1.29, 1.82) is 0 Å². The van der Waals surface area contributed by atoms with Crippen LogP contribution in [0, 0.1) is 13.8 Å². The summed E-state index contributed by atoms with van der Waals surface area (Å²) in [7, 11) is 0. The number of carbonyl (C=O) groups excluding carboxylic acids is 1. The maximum absolute atomic E-state index is 11.9. The van der Waals surface area contributed by atoms with Gasteiger partial charge in [0.2, 0.25) is 0 Å². The largest absolute Gasteiger partial charge is 0.481 e. The van der Waals surface area contributed by atoms with E-state index in [4.69, 9.17) is 5.11 Å². The van der Waals surface area contributed by atoms with E-state index in [2.05, 4.69) is 16.7 Å². The highest BCUT2D eigenvalue weighted by Gasteiger charge is 2.24. The lowest BCUT2D eigenvalue weighted by molar-refractivity contribution is -0.138. The first kappa shape index (κ1) is 16.5. The van der Waals surface area contributed by atoms with Gasteiger partial charge in [-0.15, -0.1) is 11.3 Å². The molecule has 0 fully saturated rings. The number of aryl methyl sites for hydroxylation is 2. The zero-order valence-electron chi connectivity index (χ0n) is 12.5. The highest BCUT2D eigenvalue weighted by Crippen LogP contribution is 2.26. The third kappa shape index (κ3) is 4.85. The van der Waals surface area contributed by atoms with Gasteiger partial charge < -0.3 is 15.7 Å². The molecule has 1 unspecified atom stereocenters. The predicted molar refractivity (Wildman–Crippen MR) is 80.2 cm³/mol. The van der Waals surface area contributed by atoms with E-state index in [-0.39, 0.29) is 18.5 Å². The van der Waals surface area contributed by atoms with Gasteiger partial charge in [0.05, 0.1) is 12.5 Å². The van der Waals surface area contributed by atoms with Crippen molar-refractivity contribution in [3.8, 4) is 0 Å². The standard InChI is InChI=1S/C14H22N2O3S/c1-8-6-11(10(3)20-8)9(2)15-13(19)16-14(4,5)7-12(17)18/h6,9H,7H2,1-5H3,(H,17,18)(H2,15,16,19). The summed E-state index contributed by atoms with van der Waals surface area (Å²) >= 11 is 1.70. The molecule has 0 bridgehead atoms. The molecule has 0 aliphatic heterocycles. The summed E-state index contributed by atoms with van der Waals surface area (Å²) in [6.45, 7) is 9.34. The van der Waals surface area contributed by atoms with Gasteiger partial charge in [-0.3, -0.25) is 4.79 Å². The van der Waals surface area contributed by atoms with Crippen molar-refractivity contribution < 1.29 is 14.7 Å². The molecule has 0 radical (unpaired) electrons. The fourth-order valence-electron chi connectivity index (χ4n) is 2.12. The van der Waals surface area contributed by atoms with Crippen molar-refractivity contribution >= 4 is 23.3 Å². The first-order valence-corrected chi connectivity index (χ1v) is 7.30. The van der Waals surface area contributed by atoms with E-state index in [1.807, 2.05) is 20.8 Å². The Bertz CT molecular complexity index is 509. The van der Waals surface area contributed by atoms with Gasteiger partial charge in [0, 0.05) is 15.3 Å². The molecule has 0 saturated carbocycles. The van der Waals surface area contributed by atoms with Crippen LogP contribution in [0.1, 0.15) is 48.6 Å². The van der Waals surface area contributed by atoms with Crippen LogP contribution in [0.2, 0.25) is 0 Å². The van der Waals surface area contributed by atoms with Crippen LogP contribution in [0.4, 0.5) is 4.79 Å². The van der Waals surface area contributed by atoms with E-state index in [1.54, 1.807) is 25.2 Å². The highest BCUT2D eigenvalue weighted by atomic mass is 32.1. The summed E-state index contributed by atoms with van der Waals surface area (Å²) in [6.07, 6.45) is -0.120. The number of nitrogens with one attached hydrogen (secondary N) is 2. The Morgan fingerprint density at radius 1 is 1.40 bits per heavy atom. The molecule has 1 aromatic rings. The van der Waals surface area contributed by atoms with Crippen LogP contribution >= 0.6 is 11.3 Å². The molecule has 0 saturated heterocycles. The first-order chi connectivity index (χ1) is 9.10. The quantitative estimate of drug-likeness (QED) is 0.782. The number of rotatable bonds is 5. The van der Waals surface area contributed by atoms with Crippen LogP contribution in [-0.2, 0) is 4.79 Å². The monoisotopic (exact) mass is 298 g/mol. The predicted octanol–water partition coefficient (Wildman–Crippen LogP) is 2.98. The fraction of sp³-hybridized carbons (Fsp3) is 0.571. The number of thiophene rings is 1. The number of hydrogen-bond acceptors (Lipinski definition) is 3. The van der Waals surface area contributed by atoms with Crippen LogP contribution in [0.15, 0.2) is 6.07 Å². The van der Waals surface area contributed by atoms with Crippen LogP contribution in [0.3, 0.4) is 0 Å². The Kier molecular flexibility index (Phi) is 5.16. The molecule has 2 amide bonds. The Hall–Kier alpha value is -1.56. The maximum atomic E-state index is 11.9. The number of aliphatic carboxylic acids is 1. The summed E-state index contributed by atoms with van der Waals surface area (Å²) in [6, 6.07) is 1.60. The molecule has 20 heavy (non-hydrogen) atoms. The Morgan fingerprint density at radius 3 is 2.45 bits per heavy atom. The van der Waals surface area contributed by atoms with Gasteiger partial charge >= 0.3 is 12.0 Å². The second kappa shape index (κ2) is 6.26. The van der Waals surface area contributed by atoms with Gasteiger partial charge in [0.25, 0.3) is 0 Å². The topological polar surface area (TPSA) is 78.4 Å². The van der Waals surface area contributed by atoms with Gasteiger partial charge in [0.1, 0.15) is 0 Å². The zero-order chi connectivity index (χ0) is 15.5. The number of carbonyl (C=O) groups is 2. The molecule has 0 aliphatic rings.